The van der Waals surface area contributed by atoms with Crippen LogP contribution in [-0.2, 0) is 0 Å². The zero-order valence-electron chi connectivity index (χ0n) is 20.5. The Hall–Kier alpha value is -4.15. The van der Waals surface area contributed by atoms with Gasteiger partial charge in [0.2, 0.25) is 0 Å². The predicted molar refractivity (Wildman–Crippen MR) is 147 cm³/mol. The molecule has 0 aliphatic carbocycles. The second-order valence-corrected chi connectivity index (χ2v) is 10.3. The summed E-state index contributed by atoms with van der Waals surface area (Å²) < 4.78 is 0. The van der Waals surface area contributed by atoms with Crippen molar-refractivity contribution in [3.8, 4) is 33.3 Å². The number of anilines is 1. The van der Waals surface area contributed by atoms with E-state index < -0.39 is 6.23 Å². The van der Waals surface area contributed by atoms with Crippen LogP contribution in [-0.4, -0.2) is 46.5 Å². The fourth-order valence-electron chi connectivity index (χ4n) is 4.37. The number of aliphatic hydroxyl groups is 1. The summed E-state index contributed by atoms with van der Waals surface area (Å²) in [7, 11) is 0. The highest BCUT2D eigenvalue weighted by atomic mass is 32.1. The molecule has 6 heterocycles. The zero-order chi connectivity index (χ0) is 25.4. The van der Waals surface area contributed by atoms with Crippen LogP contribution in [0.2, 0.25) is 0 Å². The van der Waals surface area contributed by atoms with Crippen molar-refractivity contribution in [2.45, 2.75) is 39.3 Å². The normalized spacial score (nSPS) is 12.4. The highest BCUT2D eigenvalue weighted by Crippen LogP contribution is 2.34. The molecule has 1 unspecified atom stereocenters. The molecule has 0 spiro atoms. The molecule has 0 aliphatic heterocycles. The van der Waals surface area contributed by atoms with Crippen molar-refractivity contribution in [2.75, 3.05) is 5.32 Å². The van der Waals surface area contributed by atoms with Crippen molar-refractivity contribution in [3.05, 3.63) is 60.0 Å². The van der Waals surface area contributed by atoms with Crippen LogP contribution in [0.15, 0.2) is 55.1 Å². The van der Waals surface area contributed by atoms with E-state index in [1.807, 2.05) is 18.2 Å². The van der Waals surface area contributed by atoms with E-state index in [4.69, 9.17) is 4.98 Å². The minimum absolute atomic E-state index is 0.613. The van der Waals surface area contributed by atoms with E-state index in [9.17, 15) is 5.11 Å². The van der Waals surface area contributed by atoms with Crippen molar-refractivity contribution in [3.63, 3.8) is 0 Å². The Morgan fingerprint density at radius 3 is 2.81 bits per heavy atom. The lowest BCUT2D eigenvalue weighted by atomic mass is 10.1. The van der Waals surface area contributed by atoms with Gasteiger partial charge in [0.1, 0.15) is 23.1 Å². The monoisotopic (exact) mass is 510 g/mol. The number of nitrogens with zero attached hydrogens (tertiary/aromatic N) is 5. The Morgan fingerprint density at radius 2 is 1.97 bits per heavy atom. The molecule has 0 saturated carbocycles. The first-order valence-electron chi connectivity index (χ1n) is 12.2. The van der Waals surface area contributed by atoms with Crippen LogP contribution >= 0.6 is 11.3 Å². The van der Waals surface area contributed by atoms with E-state index in [2.05, 4.69) is 61.4 Å². The average Bonchev–Trinajstić information content (AvgIpc) is 3.64. The summed E-state index contributed by atoms with van der Waals surface area (Å²) in [6.07, 6.45) is 9.09. The second-order valence-electron chi connectivity index (χ2n) is 9.00. The Bertz CT molecular complexity index is 1700. The maximum absolute atomic E-state index is 10.2. The van der Waals surface area contributed by atoms with Gasteiger partial charge in [-0.2, -0.15) is 5.10 Å². The first kappa shape index (κ1) is 23.3. The first-order valence-corrected chi connectivity index (χ1v) is 13.1. The third-order valence-corrected chi connectivity index (χ3v) is 7.25. The summed E-state index contributed by atoms with van der Waals surface area (Å²) in [6, 6.07) is 10.0. The molecule has 9 nitrogen and oxygen atoms in total. The summed E-state index contributed by atoms with van der Waals surface area (Å²) in [5, 5.41) is 21.9. The Kier molecular flexibility index (Phi) is 6.11. The minimum atomic E-state index is -0.613. The quantitative estimate of drug-likeness (QED) is 0.187. The van der Waals surface area contributed by atoms with Crippen LogP contribution in [0.3, 0.4) is 0 Å². The van der Waals surface area contributed by atoms with Crippen LogP contribution in [0.1, 0.15) is 31.1 Å². The fourth-order valence-corrected chi connectivity index (χ4v) is 5.23. The molecule has 0 bridgehead atoms. The first-order chi connectivity index (χ1) is 18.1. The largest absolute Gasteiger partial charge is 0.374 e. The van der Waals surface area contributed by atoms with Gasteiger partial charge >= 0.3 is 0 Å². The molecular formula is C27H26N8OS. The van der Waals surface area contributed by atoms with Crippen LogP contribution in [0, 0.1) is 6.92 Å². The molecule has 0 amide bonds. The molecule has 10 heteroatoms. The Labute approximate surface area is 217 Å². The molecule has 0 radical (unpaired) electrons. The van der Waals surface area contributed by atoms with Gasteiger partial charge in [-0.05, 0) is 50.1 Å². The van der Waals surface area contributed by atoms with Gasteiger partial charge in [-0.15, -0.1) is 11.3 Å². The summed E-state index contributed by atoms with van der Waals surface area (Å²) >= 11 is 1.70. The molecule has 186 valence electrons. The molecule has 0 aromatic carbocycles. The number of nitrogens with one attached hydrogen (secondary N) is 3. The number of hydrogen-bond donors (Lipinski definition) is 4. The van der Waals surface area contributed by atoms with Crippen LogP contribution in [0.25, 0.3) is 55.3 Å². The highest BCUT2D eigenvalue weighted by molar-refractivity contribution is 7.15. The average molecular weight is 511 g/mol. The molecule has 37 heavy (non-hydrogen) atoms. The Morgan fingerprint density at radius 1 is 1.05 bits per heavy atom. The van der Waals surface area contributed by atoms with Crippen molar-refractivity contribution in [2.24, 2.45) is 0 Å². The van der Waals surface area contributed by atoms with Gasteiger partial charge in [-0.3, -0.25) is 20.1 Å². The summed E-state index contributed by atoms with van der Waals surface area (Å²) in [6.45, 7) is 4.19. The minimum Gasteiger partial charge on any atom is -0.374 e. The highest BCUT2D eigenvalue weighted by Gasteiger charge is 2.17. The third-order valence-electron chi connectivity index (χ3n) is 6.24. The molecule has 6 rings (SSSR count). The van der Waals surface area contributed by atoms with Gasteiger partial charge in [0.15, 0.2) is 5.82 Å². The van der Waals surface area contributed by atoms with E-state index >= 15 is 0 Å². The molecule has 4 N–H and O–H groups in total. The van der Waals surface area contributed by atoms with Crippen molar-refractivity contribution in [1.82, 2.24) is 35.1 Å². The van der Waals surface area contributed by atoms with E-state index in [1.54, 1.807) is 36.1 Å². The second kappa shape index (κ2) is 9.72. The third kappa shape index (κ3) is 4.56. The molecule has 0 fully saturated rings. The van der Waals surface area contributed by atoms with Crippen LogP contribution < -0.4 is 5.32 Å². The maximum Gasteiger partial charge on any atom is 0.159 e. The van der Waals surface area contributed by atoms with Gasteiger partial charge in [0, 0.05) is 28.2 Å². The number of fused-ring (bicyclic) bond motifs is 2. The van der Waals surface area contributed by atoms with Gasteiger partial charge in [0.05, 0.1) is 39.7 Å². The molecule has 1 atom stereocenters. The molecule has 0 saturated heterocycles. The number of H-pyrrole nitrogens is 2. The lowest BCUT2D eigenvalue weighted by molar-refractivity contribution is 0.190. The number of unbranched alkanes of at least 4 members (excludes halogenated alkanes) is 1. The van der Waals surface area contributed by atoms with Crippen molar-refractivity contribution >= 4 is 39.0 Å². The number of aromatic nitrogens is 7. The van der Waals surface area contributed by atoms with E-state index in [0.29, 0.717) is 17.9 Å². The van der Waals surface area contributed by atoms with Gasteiger partial charge < -0.3 is 15.4 Å². The summed E-state index contributed by atoms with van der Waals surface area (Å²) in [5.41, 5.74) is 6.43. The van der Waals surface area contributed by atoms with Gasteiger partial charge in [-0.25, -0.2) is 4.98 Å². The smallest absolute Gasteiger partial charge is 0.159 e. The number of aryl methyl sites for hydroxylation is 1. The fraction of sp³-hybridized carbons (Fsp3) is 0.222. The number of hydrogen-bond acceptors (Lipinski definition) is 8. The molecule has 0 aliphatic rings. The van der Waals surface area contributed by atoms with Gasteiger partial charge in [-0.1, -0.05) is 13.3 Å². The topological polar surface area (TPSA) is 128 Å². The number of thiophene rings is 1. The van der Waals surface area contributed by atoms with Crippen LogP contribution in [0.4, 0.5) is 5.69 Å². The molecular weight excluding hydrogens is 484 g/mol. The Balaban J connectivity index is 1.36. The van der Waals surface area contributed by atoms with E-state index in [0.717, 1.165) is 62.3 Å². The zero-order valence-corrected chi connectivity index (χ0v) is 21.3. The van der Waals surface area contributed by atoms with Gasteiger partial charge in [0.25, 0.3) is 0 Å². The predicted octanol–water partition coefficient (Wildman–Crippen LogP) is 5.92. The lowest BCUT2D eigenvalue weighted by Gasteiger charge is -2.14. The van der Waals surface area contributed by atoms with Crippen molar-refractivity contribution in [1.29, 1.82) is 0 Å². The van der Waals surface area contributed by atoms with E-state index in [1.165, 1.54) is 4.88 Å². The summed E-state index contributed by atoms with van der Waals surface area (Å²) in [4.78, 5) is 24.2. The number of imidazole rings is 1. The molecule has 6 aromatic rings. The number of aromatic amines is 2. The number of rotatable bonds is 8. The van der Waals surface area contributed by atoms with Crippen molar-refractivity contribution < 1.29 is 5.11 Å². The lowest BCUT2D eigenvalue weighted by Crippen LogP contribution is -2.18. The standard InChI is InChI=1S/C27H26N8OS/c1-3-4-5-23(36)31-17-10-16(12-28-13-17)20-11-18-21(14-30-20)34-35-24(18)27-32-19-8-9-29-26(25(19)33-27)22-7-6-15(2)37-22/h6-14,23,31,36H,3-5H2,1-2H3,(H,32,33)(H,34,35). The van der Waals surface area contributed by atoms with Crippen LogP contribution in [0.5, 0.6) is 0 Å². The SMILES string of the molecule is CCCCC(O)Nc1cncc(-c2cc3c(-c4nc5c(-c6ccc(C)s6)nccc5[nH]4)n[nH]c3cn2)c1. The summed E-state index contributed by atoms with van der Waals surface area (Å²) in [5.74, 6) is 0.661. The number of pyridine rings is 3. The number of aliphatic hydroxyl groups excluding tert-OH is 1. The van der Waals surface area contributed by atoms with E-state index in [-0.39, 0.29) is 0 Å². The molecule has 6 aromatic heterocycles. The maximum atomic E-state index is 10.2.